The molecule has 0 unspecified atom stereocenters. The van der Waals surface area contributed by atoms with Gasteiger partial charge in [-0.2, -0.15) is 4.98 Å². The van der Waals surface area contributed by atoms with Crippen molar-refractivity contribution in [3.63, 3.8) is 0 Å². The molecule has 1 spiro atoms. The second kappa shape index (κ2) is 13.3. The first-order chi connectivity index (χ1) is 23.1. The van der Waals surface area contributed by atoms with Crippen LogP contribution in [0.25, 0.3) is 11.3 Å². The number of carbonyl (C=O) groups excluding carboxylic acids is 2. The van der Waals surface area contributed by atoms with Crippen molar-refractivity contribution < 1.29 is 27.5 Å². The minimum Gasteiger partial charge on any atom is -0.475 e. The summed E-state index contributed by atoms with van der Waals surface area (Å²) in [7, 11) is -2.36. The van der Waals surface area contributed by atoms with Crippen LogP contribution in [0.3, 0.4) is 0 Å². The summed E-state index contributed by atoms with van der Waals surface area (Å²) in [6, 6.07) is 13.6. The summed E-state index contributed by atoms with van der Waals surface area (Å²) in [5, 5.41) is 0. The van der Waals surface area contributed by atoms with Gasteiger partial charge in [0.05, 0.1) is 22.7 Å². The quantitative estimate of drug-likeness (QED) is 0.307. The average molecular weight is 690 g/mol. The summed E-state index contributed by atoms with van der Waals surface area (Å²) < 4.78 is 41.7. The maximum absolute atomic E-state index is 14.5. The number of hydrogen-bond acceptors (Lipinski definition) is 8. The molecule has 12 heteroatoms. The zero-order valence-corrected chi connectivity index (χ0v) is 30.2. The average Bonchev–Trinajstić information content (AvgIpc) is 2.98. The van der Waals surface area contributed by atoms with Crippen molar-refractivity contribution in [3.05, 3.63) is 65.2 Å². The van der Waals surface area contributed by atoms with Crippen molar-refractivity contribution in [1.29, 1.82) is 0 Å². The second-order valence-electron chi connectivity index (χ2n) is 14.8. The normalized spacial score (nSPS) is 24.5. The first-order valence-corrected chi connectivity index (χ1v) is 18.6. The topological polar surface area (TPSA) is 131 Å². The number of amides is 2. The summed E-state index contributed by atoms with van der Waals surface area (Å²) in [6.07, 6.45) is 3.48. The Labute approximate surface area is 289 Å². The Hall–Kier alpha value is -4.19. The zero-order chi connectivity index (χ0) is 35.2. The monoisotopic (exact) mass is 689 g/mol. The predicted octanol–water partition coefficient (Wildman–Crippen LogP) is 6.60. The van der Waals surface area contributed by atoms with E-state index in [1.54, 1.807) is 30.1 Å². The molecule has 0 radical (unpaired) electrons. The van der Waals surface area contributed by atoms with Crippen molar-refractivity contribution in [2.75, 3.05) is 18.4 Å². The lowest BCUT2D eigenvalue weighted by molar-refractivity contribution is -0.0985. The molecule has 262 valence electrons. The number of aryl methyl sites for hydroxylation is 2. The minimum atomic E-state index is -4.15. The van der Waals surface area contributed by atoms with Crippen molar-refractivity contribution >= 4 is 28.0 Å². The van der Waals surface area contributed by atoms with Crippen LogP contribution < -0.4 is 9.46 Å². The van der Waals surface area contributed by atoms with E-state index in [0.717, 1.165) is 42.4 Å². The molecule has 49 heavy (non-hydrogen) atoms. The smallest absolute Gasteiger partial charge is 0.410 e. The van der Waals surface area contributed by atoms with Crippen molar-refractivity contribution in [3.8, 4) is 17.1 Å². The number of benzene rings is 2. The molecule has 4 bridgehead atoms. The van der Waals surface area contributed by atoms with Gasteiger partial charge in [-0.05, 0) is 100 Å². The Morgan fingerprint density at radius 2 is 1.71 bits per heavy atom. The van der Waals surface area contributed by atoms with E-state index in [-0.39, 0.29) is 70.9 Å². The van der Waals surface area contributed by atoms with Crippen molar-refractivity contribution in [2.24, 2.45) is 11.3 Å². The first-order valence-electron chi connectivity index (χ1n) is 17.1. The first kappa shape index (κ1) is 34.7. The number of anilines is 1. The summed E-state index contributed by atoms with van der Waals surface area (Å²) >= 11 is 0. The molecule has 3 aliphatic rings. The van der Waals surface area contributed by atoms with E-state index in [9.17, 15) is 18.0 Å². The molecule has 2 aliphatic carbocycles. The molecular weight excluding hydrogens is 643 g/mol. The van der Waals surface area contributed by atoms with Gasteiger partial charge in [0.25, 0.3) is 15.9 Å². The molecule has 2 fully saturated rings. The number of sulfonamides is 1. The predicted molar refractivity (Wildman–Crippen MR) is 187 cm³/mol. The maximum Gasteiger partial charge on any atom is 0.410 e. The maximum atomic E-state index is 14.5. The number of carbonyl (C=O) groups is 2. The highest BCUT2D eigenvalue weighted by Crippen LogP contribution is 2.59. The van der Waals surface area contributed by atoms with Crippen LogP contribution in [0.1, 0.15) is 81.3 Å². The van der Waals surface area contributed by atoms with Gasteiger partial charge in [-0.15, -0.1) is 0 Å². The van der Waals surface area contributed by atoms with Crippen molar-refractivity contribution in [2.45, 2.75) is 103 Å². The molecule has 2 heterocycles. The van der Waals surface area contributed by atoms with Gasteiger partial charge in [-0.1, -0.05) is 38.1 Å². The van der Waals surface area contributed by atoms with E-state index in [2.05, 4.69) is 28.5 Å². The number of ether oxygens (including phenoxy) is 2. The number of rotatable bonds is 6. The van der Waals surface area contributed by atoms with Crippen LogP contribution in [0.2, 0.25) is 0 Å². The van der Waals surface area contributed by atoms with E-state index in [4.69, 9.17) is 9.47 Å². The van der Waals surface area contributed by atoms with Crippen LogP contribution in [-0.2, 0) is 14.8 Å². The van der Waals surface area contributed by atoms with E-state index in [1.165, 1.54) is 12.1 Å². The zero-order valence-electron chi connectivity index (χ0n) is 29.4. The number of nitrogens with one attached hydrogen (secondary N) is 1. The number of fused-ring (bicyclic) bond motifs is 4. The molecule has 3 aromatic rings. The molecule has 1 aromatic heterocycles. The van der Waals surface area contributed by atoms with Crippen LogP contribution in [-0.4, -0.2) is 78.1 Å². The fraction of sp³-hybridized carbons (Fsp3) is 0.514. The lowest BCUT2D eigenvalue weighted by atomic mass is 9.51. The van der Waals surface area contributed by atoms with Gasteiger partial charge < -0.3 is 19.3 Å². The standard InChI is InChI=1S/C37H47N5O6S/c1-22(2)14-27-21-47-32-16-31(33-24(5)10-8-11-25(33)6)38-35(39-32)40-49(45,46)30-13-9-12-26(15-30)34(43)42(27)29-19-37(20-29)17-28(18-37)41(7)36(44)48-23(3)4/h8-13,15-16,22-23,27-29H,14,17-21H2,1-7H3,(H,38,39,40)/t27-,28?,29?,37?/m1/s1. The molecule has 6 rings (SSSR count). The van der Waals surface area contributed by atoms with Gasteiger partial charge in [-0.3, -0.25) is 4.79 Å². The molecule has 0 saturated heterocycles. The minimum absolute atomic E-state index is 0.0450. The summed E-state index contributed by atoms with van der Waals surface area (Å²) in [6.45, 7) is 12.1. The second-order valence-corrected chi connectivity index (χ2v) is 16.5. The van der Waals surface area contributed by atoms with Crippen LogP contribution in [0, 0.1) is 25.2 Å². The highest BCUT2D eigenvalue weighted by Gasteiger charge is 2.57. The fourth-order valence-corrected chi connectivity index (χ4v) is 8.74. The summed E-state index contributed by atoms with van der Waals surface area (Å²) in [5.74, 6) is 0.140. The molecule has 1 atom stereocenters. The van der Waals surface area contributed by atoms with E-state index < -0.39 is 10.0 Å². The lowest BCUT2D eigenvalue weighted by Crippen LogP contribution is -2.64. The lowest BCUT2D eigenvalue weighted by Gasteiger charge is -2.61. The SMILES string of the molecule is Cc1cccc(C)c1-c1cc2nc(n1)NS(=O)(=O)c1cccc(c1)C(=O)N(C1CC3(CC(N(C)C(=O)OC(C)C)C3)C1)[C@H](CC(C)C)CO2. The molecule has 2 amide bonds. The van der Waals surface area contributed by atoms with Gasteiger partial charge in [0.2, 0.25) is 11.8 Å². The third kappa shape index (κ3) is 7.11. The number of nitrogens with zero attached hydrogens (tertiary/aromatic N) is 4. The Bertz CT molecular complexity index is 1830. The molecule has 1 N–H and O–H groups in total. The number of aromatic nitrogens is 2. The highest BCUT2D eigenvalue weighted by atomic mass is 32.2. The Kier molecular flexibility index (Phi) is 9.38. The highest BCUT2D eigenvalue weighted by molar-refractivity contribution is 7.92. The van der Waals surface area contributed by atoms with Crippen LogP contribution in [0.5, 0.6) is 5.88 Å². The largest absolute Gasteiger partial charge is 0.475 e. The summed E-state index contributed by atoms with van der Waals surface area (Å²) in [5.41, 5.74) is 3.72. The third-order valence-corrected chi connectivity index (χ3v) is 11.4. The number of hydrogen-bond donors (Lipinski definition) is 1. The summed E-state index contributed by atoms with van der Waals surface area (Å²) in [4.78, 5) is 39.7. The van der Waals surface area contributed by atoms with Crippen molar-refractivity contribution in [1.82, 2.24) is 19.8 Å². The molecular formula is C37H47N5O6S. The van der Waals surface area contributed by atoms with E-state index in [1.807, 2.05) is 50.8 Å². The third-order valence-electron chi connectivity index (χ3n) is 10.1. The Morgan fingerprint density at radius 3 is 2.37 bits per heavy atom. The van der Waals surface area contributed by atoms with Crippen LogP contribution >= 0.6 is 0 Å². The Balaban J connectivity index is 1.34. The van der Waals surface area contributed by atoms with E-state index in [0.29, 0.717) is 17.7 Å². The van der Waals surface area contributed by atoms with Gasteiger partial charge in [-0.25, -0.2) is 22.9 Å². The van der Waals surface area contributed by atoms with Gasteiger partial charge in [0.15, 0.2) is 0 Å². The molecule has 2 aromatic carbocycles. The molecule has 2 saturated carbocycles. The molecule has 11 nitrogen and oxygen atoms in total. The Morgan fingerprint density at radius 1 is 1.04 bits per heavy atom. The van der Waals surface area contributed by atoms with Gasteiger partial charge in [0, 0.05) is 36.3 Å². The van der Waals surface area contributed by atoms with Gasteiger partial charge in [0.1, 0.15) is 6.61 Å². The van der Waals surface area contributed by atoms with Crippen LogP contribution in [0.15, 0.2) is 53.4 Å². The van der Waals surface area contributed by atoms with Gasteiger partial charge >= 0.3 is 6.09 Å². The molecule has 1 aliphatic heterocycles. The van der Waals surface area contributed by atoms with E-state index >= 15 is 0 Å². The fourth-order valence-electron chi connectivity index (χ4n) is 7.75. The van der Waals surface area contributed by atoms with Crippen LogP contribution in [0.4, 0.5) is 10.7 Å².